The lowest BCUT2D eigenvalue weighted by atomic mass is 9.46. The highest BCUT2D eigenvalue weighted by molar-refractivity contribution is 5.88. The van der Waals surface area contributed by atoms with Crippen LogP contribution in [0.25, 0.3) is 6.08 Å². The minimum Gasteiger partial charge on any atom is -0.504 e. The van der Waals surface area contributed by atoms with Crippen LogP contribution in [0.1, 0.15) is 71.3 Å². The Morgan fingerprint density at radius 2 is 1.92 bits per heavy atom. The van der Waals surface area contributed by atoms with Gasteiger partial charge in [0.05, 0.1) is 6.61 Å². The van der Waals surface area contributed by atoms with E-state index in [4.69, 9.17) is 4.74 Å². The van der Waals surface area contributed by atoms with Gasteiger partial charge in [0, 0.05) is 23.7 Å². The molecule has 2 aliphatic rings. The van der Waals surface area contributed by atoms with Gasteiger partial charge in [-0.1, -0.05) is 32.9 Å². The monoisotopic (exact) mass is 500 g/mol. The zero-order valence-corrected chi connectivity index (χ0v) is 21.6. The van der Waals surface area contributed by atoms with E-state index < -0.39 is 11.9 Å². The first-order valence-electron chi connectivity index (χ1n) is 12.9. The maximum absolute atomic E-state index is 12.3. The molecule has 1 aromatic rings. The van der Waals surface area contributed by atoms with Crippen molar-refractivity contribution in [3.05, 3.63) is 41.5 Å². The highest BCUT2D eigenvalue weighted by atomic mass is 16.5. The molecule has 1 saturated carbocycles. The summed E-state index contributed by atoms with van der Waals surface area (Å²) in [4.78, 5) is 24.3. The van der Waals surface area contributed by atoms with Gasteiger partial charge in [0.1, 0.15) is 0 Å². The van der Waals surface area contributed by atoms with Gasteiger partial charge in [0.25, 0.3) is 0 Å². The number of aliphatic hydroxyl groups is 1. The summed E-state index contributed by atoms with van der Waals surface area (Å²) in [7, 11) is 0. The molecule has 36 heavy (non-hydrogen) atoms. The Kier molecular flexibility index (Phi) is 8.88. The van der Waals surface area contributed by atoms with E-state index in [1.165, 1.54) is 24.3 Å². The molecular weight excluding hydrogens is 460 g/mol. The van der Waals surface area contributed by atoms with Gasteiger partial charge in [0.2, 0.25) is 0 Å². The third-order valence-corrected chi connectivity index (χ3v) is 8.94. The van der Waals surface area contributed by atoms with E-state index in [1.807, 2.05) is 6.08 Å². The molecule has 2 aliphatic carbocycles. The van der Waals surface area contributed by atoms with Crippen molar-refractivity contribution in [2.24, 2.45) is 28.6 Å². The summed E-state index contributed by atoms with van der Waals surface area (Å²) < 4.78 is 5.47. The second-order valence-electron chi connectivity index (χ2n) is 11.0. The zero-order chi connectivity index (χ0) is 26.5. The highest BCUT2D eigenvalue weighted by Crippen LogP contribution is 2.62. The summed E-state index contributed by atoms with van der Waals surface area (Å²) in [6.45, 7) is 6.88. The predicted octanol–water partition coefficient (Wildman–Crippen LogP) is 5.30. The van der Waals surface area contributed by atoms with Gasteiger partial charge in [-0.2, -0.15) is 0 Å². The number of rotatable bonds is 10. The van der Waals surface area contributed by atoms with Crippen LogP contribution < -0.4 is 0 Å². The van der Waals surface area contributed by atoms with Gasteiger partial charge in [0.15, 0.2) is 11.5 Å². The molecule has 3 rings (SSSR count). The lowest BCUT2D eigenvalue weighted by Gasteiger charge is -2.57. The molecule has 0 bridgehead atoms. The molecule has 4 N–H and O–H groups in total. The molecule has 0 radical (unpaired) electrons. The summed E-state index contributed by atoms with van der Waals surface area (Å²) in [5.74, 6) is -1.10. The van der Waals surface area contributed by atoms with Crippen molar-refractivity contribution < 1.29 is 34.8 Å². The number of aromatic hydroxyl groups is 2. The van der Waals surface area contributed by atoms with E-state index in [1.54, 1.807) is 6.07 Å². The molecule has 0 heterocycles. The van der Waals surface area contributed by atoms with Crippen LogP contribution in [0.2, 0.25) is 0 Å². The SMILES string of the molecule is CC1CCC2(C)C(C(=O)O)=CCCC2C1(C)CCC(CCO)COC(=O)C=Cc1ccc(O)c(O)c1. The number of phenolic OH excluding ortho intramolecular Hbond substituents is 2. The molecule has 5 unspecified atom stereocenters. The van der Waals surface area contributed by atoms with E-state index in [0.717, 1.165) is 38.5 Å². The van der Waals surface area contributed by atoms with Gasteiger partial charge >= 0.3 is 11.9 Å². The van der Waals surface area contributed by atoms with Crippen LogP contribution >= 0.6 is 0 Å². The number of carboxylic acid groups (broad SMARTS) is 1. The quantitative estimate of drug-likeness (QED) is 0.195. The average molecular weight is 501 g/mol. The van der Waals surface area contributed by atoms with E-state index in [-0.39, 0.29) is 47.4 Å². The molecule has 0 amide bonds. The van der Waals surface area contributed by atoms with Crippen LogP contribution in [0.3, 0.4) is 0 Å². The molecule has 7 heteroatoms. The van der Waals surface area contributed by atoms with Crippen LogP contribution in [0.5, 0.6) is 11.5 Å². The minimum absolute atomic E-state index is 0.000325. The Morgan fingerprint density at radius 1 is 1.17 bits per heavy atom. The van der Waals surface area contributed by atoms with Gasteiger partial charge < -0.3 is 25.2 Å². The van der Waals surface area contributed by atoms with Crippen LogP contribution in [0, 0.1) is 28.6 Å². The number of ether oxygens (including phenoxy) is 1. The van der Waals surface area contributed by atoms with Gasteiger partial charge in [-0.25, -0.2) is 9.59 Å². The molecule has 198 valence electrons. The third-order valence-electron chi connectivity index (χ3n) is 8.94. The summed E-state index contributed by atoms with van der Waals surface area (Å²) in [5, 5.41) is 38.4. The van der Waals surface area contributed by atoms with Crippen LogP contribution in [-0.4, -0.2) is 45.6 Å². The van der Waals surface area contributed by atoms with Crippen molar-refractivity contribution in [1.29, 1.82) is 0 Å². The molecule has 5 atom stereocenters. The standard InChI is InChI=1S/C29H40O7/c1-19-11-14-29(3)22(27(34)35)5-4-6-25(29)28(19,2)15-12-21(13-16-30)18-36-26(33)10-8-20-7-9-23(31)24(32)17-20/h5,7-10,17,19,21,25,30-32H,4,6,11-16,18H2,1-3H3,(H,34,35). The maximum Gasteiger partial charge on any atom is 0.331 e. The van der Waals surface area contributed by atoms with E-state index >= 15 is 0 Å². The van der Waals surface area contributed by atoms with Crippen LogP contribution in [-0.2, 0) is 14.3 Å². The number of aliphatic carboxylic acids is 1. The van der Waals surface area contributed by atoms with Gasteiger partial charge in [-0.3, -0.25) is 0 Å². The molecule has 0 aliphatic heterocycles. The summed E-state index contributed by atoms with van der Waals surface area (Å²) in [6, 6.07) is 4.27. The number of benzene rings is 1. The third kappa shape index (κ3) is 5.94. The van der Waals surface area contributed by atoms with Crippen molar-refractivity contribution in [3.63, 3.8) is 0 Å². The second-order valence-corrected chi connectivity index (χ2v) is 11.0. The first-order chi connectivity index (χ1) is 17.0. The predicted molar refractivity (Wildman–Crippen MR) is 137 cm³/mol. The van der Waals surface area contributed by atoms with Crippen molar-refractivity contribution in [3.8, 4) is 11.5 Å². The number of allylic oxidation sites excluding steroid dienone is 1. The molecule has 7 nitrogen and oxygen atoms in total. The number of aliphatic hydroxyl groups excluding tert-OH is 1. The van der Waals surface area contributed by atoms with Crippen LogP contribution in [0.15, 0.2) is 35.9 Å². The Morgan fingerprint density at radius 3 is 2.58 bits per heavy atom. The topological polar surface area (TPSA) is 124 Å². The van der Waals surface area contributed by atoms with E-state index in [9.17, 15) is 30.0 Å². The molecule has 1 fully saturated rings. The first-order valence-corrected chi connectivity index (χ1v) is 12.9. The Balaban J connectivity index is 1.63. The van der Waals surface area contributed by atoms with Crippen molar-refractivity contribution in [2.45, 2.75) is 65.7 Å². The number of phenols is 2. The summed E-state index contributed by atoms with van der Waals surface area (Å²) >= 11 is 0. The summed E-state index contributed by atoms with van der Waals surface area (Å²) in [6.07, 6.45) is 10.5. The fourth-order valence-electron chi connectivity index (χ4n) is 6.51. The number of carbonyl (C=O) groups excluding carboxylic acids is 1. The average Bonchev–Trinajstić information content (AvgIpc) is 2.84. The number of esters is 1. The summed E-state index contributed by atoms with van der Waals surface area (Å²) in [5.41, 5.74) is 0.739. The normalized spacial score (nSPS) is 28.8. The smallest absolute Gasteiger partial charge is 0.331 e. The Labute approximate surface area is 213 Å². The number of hydrogen-bond acceptors (Lipinski definition) is 6. The van der Waals surface area contributed by atoms with Crippen molar-refractivity contribution in [1.82, 2.24) is 0 Å². The largest absolute Gasteiger partial charge is 0.504 e. The highest BCUT2D eigenvalue weighted by Gasteiger charge is 2.55. The van der Waals surface area contributed by atoms with Crippen LogP contribution in [0.4, 0.5) is 0 Å². The minimum atomic E-state index is -0.806. The Hall–Kier alpha value is -2.80. The molecule has 0 spiro atoms. The number of hydrogen-bond donors (Lipinski definition) is 4. The lowest BCUT2D eigenvalue weighted by molar-refractivity contribution is -0.139. The fourth-order valence-corrected chi connectivity index (χ4v) is 6.51. The first kappa shape index (κ1) is 27.8. The molecule has 0 aromatic heterocycles. The van der Waals surface area contributed by atoms with Gasteiger partial charge in [-0.05, 0) is 91.9 Å². The van der Waals surface area contributed by atoms with E-state index in [0.29, 0.717) is 23.5 Å². The van der Waals surface area contributed by atoms with E-state index in [2.05, 4.69) is 20.8 Å². The molecule has 1 aromatic carbocycles. The molecular formula is C29H40O7. The van der Waals surface area contributed by atoms with Gasteiger partial charge in [-0.15, -0.1) is 0 Å². The maximum atomic E-state index is 12.3. The second kappa shape index (κ2) is 11.5. The van der Waals surface area contributed by atoms with Crippen molar-refractivity contribution >= 4 is 18.0 Å². The molecule has 0 saturated heterocycles. The number of carboxylic acids is 1. The fraction of sp³-hybridized carbons (Fsp3) is 0.586. The number of fused-ring (bicyclic) bond motifs is 1. The van der Waals surface area contributed by atoms with Crippen molar-refractivity contribution in [2.75, 3.05) is 13.2 Å². The Bertz CT molecular complexity index is 1010. The zero-order valence-electron chi connectivity index (χ0n) is 21.6. The number of carbonyl (C=O) groups is 2. The lowest BCUT2D eigenvalue weighted by Crippen LogP contribution is -2.51.